The van der Waals surface area contributed by atoms with Crippen molar-refractivity contribution in [2.45, 2.75) is 47.2 Å². The van der Waals surface area contributed by atoms with Crippen LogP contribution in [-0.2, 0) is 11.3 Å². The minimum absolute atomic E-state index is 0.153. The Bertz CT molecular complexity index is 988. The van der Waals surface area contributed by atoms with Gasteiger partial charge in [-0.05, 0) is 45.7 Å². The van der Waals surface area contributed by atoms with Gasteiger partial charge in [-0.3, -0.25) is 14.2 Å². The lowest BCUT2D eigenvalue weighted by molar-refractivity contribution is -0.119. The number of hydrogen-bond donors (Lipinski definition) is 1. The monoisotopic (exact) mass is 385 g/mol. The molecule has 7 heteroatoms. The molecule has 0 radical (unpaired) electrons. The molecule has 0 aliphatic heterocycles. The third-order valence-corrected chi connectivity index (χ3v) is 5.31. The fourth-order valence-electron chi connectivity index (χ4n) is 3.11. The lowest BCUT2D eigenvalue weighted by Crippen LogP contribution is -2.25. The van der Waals surface area contributed by atoms with Gasteiger partial charge in [0.2, 0.25) is 5.91 Å². The highest BCUT2D eigenvalue weighted by atomic mass is 35.5. The Morgan fingerprint density at radius 3 is 2.52 bits per heavy atom. The first kappa shape index (κ1) is 19.2. The summed E-state index contributed by atoms with van der Waals surface area (Å²) in [5.41, 5.74) is 5.65. The number of nitrogens with zero attached hydrogens (tertiary/aromatic N) is 4. The summed E-state index contributed by atoms with van der Waals surface area (Å²) in [5, 5.41) is 12.4. The Kier molecular flexibility index (Phi) is 5.37. The van der Waals surface area contributed by atoms with E-state index in [0.717, 1.165) is 22.8 Å². The molecule has 0 bridgehead atoms. The Hall–Kier alpha value is -2.60. The summed E-state index contributed by atoms with van der Waals surface area (Å²) in [6.45, 7) is 10.3. The van der Waals surface area contributed by atoms with Gasteiger partial charge in [-0.25, -0.2) is 0 Å². The van der Waals surface area contributed by atoms with Crippen molar-refractivity contribution in [3.63, 3.8) is 0 Å². The van der Waals surface area contributed by atoms with Crippen LogP contribution in [0.1, 0.15) is 41.2 Å². The number of carbonyl (C=O) groups is 1. The zero-order valence-electron chi connectivity index (χ0n) is 16.2. The van der Waals surface area contributed by atoms with Crippen LogP contribution in [0.2, 0.25) is 5.02 Å². The summed E-state index contributed by atoms with van der Waals surface area (Å²) in [6.07, 6.45) is 1.55. The van der Waals surface area contributed by atoms with Crippen molar-refractivity contribution in [3.8, 4) is 0 Å². The molecular formula is C20H24ClN5O. The van der Waals surface area contributed by atoms with Crippen LogP contribution in [0.25, 0.3) is 0 Å². The maximum atomic E-state index is 12.7. The molecule has 3 rings (SSSR count). The first-order valence-electron chi connectivity index (χ1n) is 8.88. The normalized spacial score (nSPS) is 12.2. The van der Waals surface area contributed by atoms with Gasteiger partial charge in [0, 0.05) is 0 Å². The van der Waals surface area contributed by atoms with Crippen molar-refractivity contribution >= 4 is 23.2 Å². The molecule has 27 heavy (non-hydrogen) atoms. The Balaban J connectivity index is 1.81. The molecule has 2 heterocycles. The van der Waals surface area contributed by atoms with E-state index >= 15 is 0 Å². The van der Waals surface area contributed by atoms with Gasteiger partial charge in [-0.2, -0.15) is 10.2 Å². The van der Waals surface area contributed by atoms with E-state index < -0.39 is 6.04 Å². The van der Waals surface area contributed by atoms with Crippen LogP contribution in [0.4, 0.5) is 5.69 Å². The maximum Gasteiger partial charge on any atom is 0.249 e. The highest BCUT2D eigenvalue weighted by molar-refractivity contribution is 6.31. The lowest BCUT2D eigenvalue weighted by atomic mass is 10.1. The molecule has 142 valence electrons. The van der Waals surface area contributed by atoms with Crippen LogP contribution in [-0.4, -0.2) is 25.5 Å². The summed E-state index contributed by atoms with van der Waals surface area (Å²) in [5.74, 6) is -0.153. The number of nitrogens with one attached hydrogen (secondary N) is 1. The molecule has 0 aliphatic carbocycles. The first-order valence-corrected chi connectivity index (χ1v) is 9.26. The molecule has 0 saturated carbocycles. The minimum atomic E-state index is -0.476. The third kappa shape index (κ3) is 3.76. The highest BCUT2D eigenvalue weighted by Gasteiger charge is 2.22. The van der Waals surface area contributed by atoms with Crippen LogP contribution in [0, 0.1) is 27.7 Å². The number of anilines is 1. The standard InChI is InChI=1S/C20H24ClN5O/c1-12-8-6-7-9-17(12)11-25-15(4)19(13(2)24-25)23-20(27)16(5)26-14(3)18(21)10-22-26/h6-10,16H,11H2,1-5H3,(H,23,27). The molecule has 1 amide bonds. The second kappa shape index (κ2) is 7.56. The molecule has 1 unspecified atom stereocenters. The topological polar surface area (TPSA) is 64.7 Å². The van der Waals surface area contributed by atoms with E-state index in [1.807, 2.05) is 37.6 Å². The Morgan fingerprint density at radius 1 is 1.19 bits per heavy atom. The van der Waals surface area contributed by atoms with Crippen molar-refractivity contribution in [2.75, 3.05) is 5.32 Å². The van der Waals surface area contributed by atoms with Gasteiger partial charge in [0.25, 0.3) is 0 Å². The molecule has 1 aromatic carbocycles. The van der Waals surface area contributed by atoms with Crippen LogP contribution < -0.4 is 5.32 Å². The van der Waals surface area contributed by atoms with Crippen molar-refractivity contribution in [1.82, 2.24) is 19.6 Å². The van der Waals surface area contributed by atoms with Gasteiger partial charge >= 0.3 is 0 Å². The summed E-state index contributed by atoms with van der Waals surface area (Å²) >= 11 is 6.05. The van der Waals surface area contributed by atoms with Gasteiger partial charge in [0.15, 0.2) is 0 Å². The molecule has 1 atom stereocenters. The SMILES string of the molecule is Cc1ccccc1Cn1nc(C)c(NC(=O)C(C)n2ncc(Cl)c2C)c1C. The number of aryl methyl sites for hydroxylation is 2. The van der Waals surface area contributed by atoms with E-state index in [1.54, 1.807) is 17.8 Å². The van der Waals surface area contributed by atoms with E-state index in [-0.39, 0.29) is 5.91 Å². The molecule has 6 nitrogen and oxygen atoms in total. The number of carbonyl (C=O) groups excluding carboxylic acids is 1. The molecule has 1 N–H and O–H groups in total. The van der Waals surface area contributed by atoms with Crippen molar-refractivity contribution in [1.29, 1.82) is 0 Å². The predicted molar refractivity (Wildman–Crippen MR) is 107 cm³/mol. The van der Waals surface area contributed by atoms with Crippen molar-refractivity contribution in [3.05, 3.63) is 63.7 Å². The largest absolute Gasteiger partial charge is 0.321 e. The second-order valence-electron chi connectivity index (χ2n) is 6.82. The van der Waals surface area contributed by atoms with Crippen molar-refractivity contribution < 1.29 is 4.79 Å². The summed E-state index contributed by atoms with van der Waals surface area (Å²) < 4.78 is 3.55. The van der Waals surface area contributed by atoms with Crippen LogP contribution in [0.15, 0.2) is 30.5 Å². The Labute approximate surface area is 164 Å². The fraction of sp³-hybridized carbons (Fsp3) is 0.350. The Morgan fingerprint density at radius 2 is 1.89 bits per heavy atom. The summed E-state index contributed by atoms with van der Waals surface area (Å²) in [7, 11) is 0. The van der Waals surface area contributed by atoms with E-state index in [2.05, 4.69) is 34.6 Å². The van der Waals surface area contributed by atoms with Crippen LogP contribution in [0.5, 0.6) is 0 Å². The number of rotatable bonds is 5. The average Bonchev–Trinajstić information content (AvgIpc) is 3.10. The molecule has 0 saturated heterocycles. The minimum Gasteiger partial charge on any atom is -0.321 e. The number of amides is 1. The van der Waals surface area contributed by atoms with E-state index in [4.69, 9.17) is 11.6 Å². The van der Waals surface area contributed by atoms with Gasteiger partial charge < -0.3 is 5.32 Å². The number of hydrogen-bond acceptors (Lipinski definition) is 3. The van der Waals surface area contributed by atoms with Crippen LogP contribution >= 0.6 is 11.6 Å². The van der Waals surface area contributed by atoms with Crippen LogP contribution in [0.3, 0.4) is 0 Å². The lowest BCUT2D eigenvalue weighted by Gasteiger charge is -2.15. The molecule has 2 aromatic heterocycles. The molecule has 0 spiro atoms. The predicted octanol–water partition coefficient (Wildman–Crippen LogP) is 4.21. The zero-order valence-corrected chi connectivity index (χ0v) is 17.0. The molecular weight excluding hydrogens is 362 g/mol. The summed E-state index contributed by atoms with van der Waals surface area (Å²) in [6, 6.07) is 7.75. The second-order valence-corrected chi connectivity index (χ2v) is 7.22. The average molecular weight is 386 g/mol. The number of benzene rings is 1. The van der Waals surface area contributed by atoms with Crippen molar-refractivity contribution in [2.24, 2.45) is 0 Å². The first-order chi connectivity index (χ1) is 12.8. The third-order valence-electron chi connectivity index (χ3n) is 4.94. The number of aromatic nitrogens is 4. The smallest absolute Gasteiger partial charge is 0.249 e. The van der Waals surface area contributed by atoms with E-state index in [9.17, 15) is 4.79 Å². The van der Waals surface area contributed by atoms with Gasteiger partial charge in [0.1, 0.15) is 6.04 Å². The number of halogens is 1. The zero-order chi connectivity index (χ0) is 19.7. The highest BCUT2D eigenvalue weighted by Crippen LogP contribution is 2.24. The van der Waals surface area contributed by atoms with E-state index in [1.165, 1.54) is 11.1 Å². The molecule has 3 aromatic rings. The molecule has 0 aliphatic rings. The van der Waals surface area contributed by atoms with Gasteiger partial charge in [0.05, 0.1) is 40.5 Å². The maximum absolute atomic E-state index is 12.7. The van der Waals surface area contributed by atoms with Gasteiger partial charge in [-0.1, -0.05) is 35.9 Å². The van der Waals surface area contributed by atoms with E-state index in [0.29, 0.717) is 11.6 Å². The fourth-order valence-corrected chi connectivity index (χ4v) is 3.24. The van der Waals surface area contributed by atoms with Gasteiger partial charge in [-0.15, -0.1) is 0 Å². The molecule has 0 fully saturated rings. The summed E-state index contributed by atoms with van der Waals surface area (Å²) in [4.78, 5) is 12.7. The quantitative estimate of drug-likeness (QED) is 0.715.